The van der Waals surface area contributed by atoms with E-state index in [0.29, 0.717) is 13.0 Å². The van der Waals surface area contributed by atoms with E-state index < -0.39 is 5.97 Å². The van der Waals surface area contributed by atoms with Gasteiger partial charge in [-0.3, -0.25) is 9.48 Å². The Morgan fingerprint density at radius 2 is 2.11 bits per heavy atom. The summed E-state index contributed by atoms with van der Waals surface area (Å²) in [5.74, 6) is -1.16. The zero-order valence-corrected chi connectivity index (χ0v) is 10.1. The van der Waals surface area contributed by atoms with Gasteiger partial charge < -0.3 is 10.4 Å². The summed E-state index contributed by atoms with van der Waals surface area (Å²) in [6.45, 7) is 0.546. The van der Waals surface area contributed by atoms with E-state index in [4.69, 9.17) is 5.11 Å². The first-order valence-electron chi connectivity index (χ1n) is 5.75. The van der Waals surface area contributed by atoms with Crippen LogP contribution in [0.25, 0.3) is 0 Å². The van der Waals surface area contributed by atoms with Crippen molar-refractivity contribution in [3.05, 3.63) is 47.8 Å². The molecule has 6 nitrogen and oxygen atoms in total. The van der Waals surface area contributed by atoms with Gasteiger partial charge in [-0.2, -0.15) is 5.10 Å². The lowest BCUT2D eigenvalue weighted by molar-refractivity contribution is -0.105. The number of carbonyl (C=O) groups is 2. The number of rotatable bonds is 6. The summed E-state index contributed by atoms with van der Waals surface area (Å²) in [5.41, 5.74) is 1.19. The monoisotopic (exact) mass is 259 g/mol. The Bertz CT molecular complexity index is 578. The van der Waals surface area contributed by atoms with Crippen LogP contribution in [0.3, 0.4) is 0 Å². The fourth-order valence-electron chi connectivity index (χ4n) is 1.75. The molecule has 0 aliphatic carbocycles. The van der Waals surface area contributed by atoms with Gasteiger partial charge in [0.15, 0.2) is 5.69 Å². The highest BCUT2D eigenvalue weighted by Crippen LogP contribution is 2.13. The molecule has 1 aromatic carbocycles. The van der Waals surface area contributed by atoms with Crippen LogP contribution in [-0.4, -0.2) is 27.3 Å². The van der Waals surface area contributed by atoms with Gasteiger partial charge in [0, 0.05) is 12.7 Å². The molecule has 2 N–H and O–H groups in total. The highest BCUT2D eigenvalue weighted by molar-refractivity contribution is 5.94. The lowest BCUT2D eigenvalue weighted by Crippen LogP contribution is -2.05. The van der Waals surface area contributed by atoms with Crippen LogP contribution in [0.4, 0.5) is 5.69 Å². The second kappa shape index (κ2) is 5.81. The molecular formula is C13H13N3O3. The van der Waals surface area contributed by atoms with Crippen molar-refractivity contribution in [2.45, 2.75) is 13.0 Å². The third-order valence-corrected chi connectivity index (χ3v) is 2.65. The van der Waals surface area contributed by atoms with E-state index in [0.717, 1.165) is 12.0 Å². The van der Waals surface area contributed by atoms with E-state index in [1.807, 2.05) is 30.3 Å². The molecule has 19 heavy (non-hydrogen) atoms. The van der Waals surface area contributed by atoms with E-state index in [-0.39, 0.29) is 11.4 Å². The van der Waals surface area contributed by atoms with Gasteiger partial charge in [-0.05, 0) is 12.0 Å². The van der Waals surface area contributed by atoms with Crippen LogP contribution < -0.4 is 5.32 Å². The van der Waals surface area contributed by atoms with Crippen molar-refractivity contribution in [1.82, 2.24) is 9.78 Å². The molecule has 0 saturated carbocycles. The summed E-state index contributed by atoms with van der Waals surface area (Å²) in [4.78, 5) is 21.3. The molecule has 0 saturated heterocycles. The van der Waals surface area contributed by atoms with Crippen LogP contribution in [0.5, 0.6) is 0 Å². The van der Waals surface area contributed by atoms with Crippen LogP contribution in [0, 0.1) is 0 Å². The number of amides is 1. The number of carbonyl (C=O) groups excluding carboxylic acids is 1. The number of benzene rings is 1. The molecule has 0 aliphatic rings. The highest BCUT2D eigenvalue weighted by atomic mass is 16.4. The first kappa shape index (κ1) is 12.8. The van der Waals surface area contributed by atoms with Gasteiger partial charge in [0.1, 0.15) is 0 Å². The predicted molar refractivity (Wildman–Crippen MR) is 69.0 cm³/mol. The van der Waals surface area contributed by atoms with Crippen molar-refractivity contribution < 1.29 is 14.7 Å². The number of carboxylic acid groups (broad SMARTS) is 1. The van der Waals surface area contributed by atoms with Crippen molar-refractivity contribution in [3.63, 3.8) is 0 Å². The summed E-state index contributed by atoms with van der Waals surface area (Å²) < 4.78 is 1.52. The minimum Gasteiger partial charge on any atom is -0.476 e. The van der Waals surface area contributed by atoms with Gasteiger partial charge >= 0.3 is 5.97 Å². The van der Waals surface area contributed by atoms with Crippen LogP contribution >= 0.6 is 0 Å². The Balaban J connectivity index is 2.10. The Hall–Kier alpha value is -2.63. The Kier molecular flexibility index (Phi) is 3.92. The summed E-state index contributed by atoms with van der Waals surface area (Å²) in [6.07, 6.45) is 2.69. The molecule has 0 atom stereocenters. The van der Waals surface area contributed by atoms with Gasteiger partial charge in [0.05, 0.1) is 5.69 Å². The van der Waals surface area contributed by atoms with Crippen molar-refractivity contribution >= 4 is 18.1 Å². The minimum absolute atomic E-state index is 0.153. The molecule has 6 heteroatoms. The number of aromatic carboxylic acids is 1. The minimum atomic E-state index is -1.16. The number of hydrogen-bond acceptors (Lipinski definition) is 3. The topological polar surface area (TPSA) is 84.2 Å². The number of nitrogens with one attached hydrogen (secondary N) is 1. The maximum atomic E-state index is 11.0. The number of carboxylic acids is 1. The van der Waals surface area contributed by atoms with Crippen LogP contribution in [0.15, 0.2) is 36.5 Å². The number of aromatic nitrogens is 2. The van der Waals surface area contributed by atoms with E-state index in [1.165, 1.54) is 10.9 Å². The van der Waals surface area contributed by atoms with Crippen molar-refractivity contribution in [3.8, 4) is 0 Å². The third-order valence-electron chi connectivity index (χ3n) is 2.65. The fourth-order valence-corrected chi connectivity index (χ4v) is 1.75. The maximum Gasteiger partial charge on any atom is 0.358 e. The van der Waals surface area contributed by atoms with Crippen LogP contribution in [0.2, 0.25) is 0 Å². The summed E-state index contributed by atoms with van der Waals surface area (Å²) in [5, 5.41) is 15.2. The zero-order valence-electron chi connectivity index (χ0n) is 10.1. The number of hydrogen-bond donors (Lipinski definition) is 2. The van der Waals surface area contributed by atoms with Gasteiger partial charge in [-0.1, -0.05) is 30.3 Å². The van der Waals surface area contributed by atoms with Crippen molar-refractivity contribution in [1.29, 1.82) is 0 Å². The average Bonchev–Trinajstić information content (AvgIpc) is 2.81. The van der Waals surface area contributed by atoms with E-state index in [2.05, 4.69) is 10.4 Å². The molecule has 0 unspecified atom stereocenters. The smallest absolute Gasteiger partial charge is 0.358 e. The quantitative estimate of drug-likeness (QED) is 0.768. The summed E-state index contributed by atoms with van der Waals surface area (Å²) in [7, 11) is 0. The van der Waals surface area contributed by atoms with E-state index >= 15 is 0 Å². The fraction of sp³-hybridized carbons (Fsp3) is 0.154. The normalized spacial score (nSPS) is 10.1. The summed E-state index contributed by atoms with van der Waals surface area (Å²) in [6, 6.07) is 9.81. The number of anilines is 1. The van der Waals surface area contributed by atoms with E-state index in [1.54, 1.807) is 0 Å². The van der Waals surface area contributed by atoms with Crippen molar-refractivity contribution in [2.24, 2.45) is 0 Å². The third kappa shape index (κ3) is 3.19. The predicted octanol–water partition coefficient (Wildman–Crippen LogP) is 1.39. The molecular weight excluding hydrogens is 246 g/mol. The van der Waals surface area contributed by atoms with Gasteiger partial charge in [0.2, 0.25) is 6.41 Å². The van der Waals surface area contributed by atoms with Gasteiger partial charge in [0.25, 0.3) is 0 Å². The molecule has 2 aromatic rings. The first-order chi connectivity index (χ1) is 9.20. The molecule has 2 rings (SSSR count). The Labute approximate surface area is 109 Å². The molecule has 0 fully saturated rings. The molecule has 0 radical (unpaired) electrons. The second-order valence-corrected chi connectivity index (χ2v) is 3.96. The molecule has 0 bridgehead atoms. The van der Waals surface area contributed by atoms with Crippen LogP contribution in [-0.2, 0) is 17.8 Å². The van der Waals surface area contributed by atoms with Crippen molar-refractivity contribution in [2.75, 3.05) is 5.32 Å². The lowest BCUT2D eigenvalue weighted by atomic mass is 10.1. The standard InChI is InChI=1S/C13H13N3O3/c17-9-14-11-8-16(15-12(11)13(18)19)7-6-10-4-2-1-3-5-10/h1-5,8-9H,6-7H2,(H,14,17)(H,18,19). The average molecular weight is 259 g/mol. The molecule has 0 spiro atoms. The van der Waals surface area contributed by atoms with Crippen LogP contribution in [0.1, 0.15) is 16.1 Å². The largest absolute Gasteiger partial charge is 0.476 e. The molecule has 1 aromatic heterocycles. The highest BCUT2D eigenvalue weighted by Gasteiger charge is 2.15. The maximum absolute atomic E-state index is 11.0. The number of nitrogens with zero attached hydrogens (tertiary/aromatic N) is 2. The first-order valence-corrected chi connectivity index (χ1v) is 5.75. The Morgan fingerprint density at radius 3 is 2.74 bits per heavy atom. The van der Waals surface area contributed by atoms with E-state index in [9.17, 15) is 9.59 Å². The molecule has 0 aliphatic heterocycles. The Morgan fingerprint density at radius 1 is 1.37 bits per heavy atom. The number of aryl methyl sites for hydroxylation is 2. The van der Waals surface area contributed by atoms with Gasteiger partial charge in [-0.15, -0.1) is 0 Å². The zero-order chi connectivity index (χ0) is 13.7. The molecule has 98 valence electrons. The SMILES string of the molecule is O=CNc1cn(CCc2ccccc2)nc1C(=O)O. The van der Waals surface area contributed by atoms with Gasteiger partial charge in [-0.25, -0.2) is 4.79 Å². The summed E-state index contributed by atoms with van der Waals surface area (Å²) >= 11 is 0. The molecule has 1 heterocycles. The lowest BCUT2D eigenvalue weighted by Gasteiger charge is -2.01. The molecule has 1 amide bonds. The second-order valence-electron chi connectivity index (χ2n) is 3.96.